The third-order valence-electron chi connectivity index (χ3n) is 3.30. The molecule has 3 rings (SSSR count). The smallest absolute Gasteiger partial charge is 0.414 e. The van der Waals surface area contributed by atoms with Gasteiger partial charge in [-0.15, -0.1) is 0 Å². The van der Waals surface area contributed by atoms with E-state index in [2.05, 4.69) is 4.99 Å². The predicted molar refractivity (Wildman–Crippen MR) is 72.0 cm³/mol. The molecule has 6 heteroatoms. The summed E-state index contributed by atoms with van der Waals surface area (Å²) in [6.07, 6.45) is -0.363. The maximum Gasteiger partial charge on any atom is 0.414 e. The fraction of sp³-hybridized carbons (Fsp3) is 0.357. The summed E-state index contributed by atoms with van der Waals surface area (Å²) >= 11 is 0. The van der Waals surface area contributed by atoms with Crippen LogP contribution in [-0.4, -0.2) is 37.5 Å². The van der Waals surface area contributed by atoms with E-state index in [1.807, 2.05) is 12.1 Å². The van der Waals surface area contributed by atoms with Gasteiger partial charge in [-0.2, -0.15) is 0 Å². The first kappa shape index (κ1) is 12.7. The van der Waals surface area contributed by atoms with E-state index in [1.54, 1.807) is 17.9 Å². The minimum atomic E-state index is -0.424. The quantitative estimate of drug-likeness (QED) is 0.783. The van der Waals surface area contributed by atoms with Crippen molar-refractivity contribution in [3.63, 3.8) is 0 Å². The molecular weight excluding hydrogens is 260 g/mol. The predicted octanol–water partition coefficient (Wildman–Crippen LogP) is 1.51. The minimum absolute atomic E-state index is 0.311. The Morgan fingerprint density at radius 1 is 1.50 bits per heavy atom. The van der Waals surface area contributed by atoms with Gasteiger partial charge in [-0.3, -0.25) is 9.89 Å². The van der Waals surface area contributed by atoms with Crippen LogP contribution < -0.4 is 4.90 Å². The van der Waals surface area contributed by atoms with Crippen LogP contribution >= 0.6 is 0 Å². The van der Waals surface area contributed by atoms with Gasteiger partial charge < -0.3 is 9.47 Å². The molecular formula is C14H14N2O4. The maximum absolute atomic E-state index is 11.8. The van der Waals surface area contributed by atoms with Gasteiger partial charge in [-0.05, 0) is 24.6 Å². The van der Waals surface area contributed by atoms with Crippen molar-refractivity contribution in [2.75, 3.05) is 24.7 Å². The van der Waals surface area contributed by atoms with Crippen LogP contribution in [0.4, 0.5) is 10.5 Å². The molecule has 0 N–H and O–H groups in total. The first-order valence-corrected chi connectivity index (χ1v) is 6.50. The molecule has 6 nitrogen and oxygen atoms in total. The van der Waals surface area contributed by atoms with E-state index in [4.69, 9.17) is 9.47 Å². The Hall–Kier alpha value is -2.37. The molecule has 1 aromatic rings. The van der Waals surface area contributed by atoms with Gasteiger partial charge in [-0.25, -0.2) is 9.59 Å². The summed E-state index contributed by atoms with van der Waals surface area (Å²) in [5.41, 5.74) is 2.74. The van der Waals surface area contributed by atoms with Gasteiger partial charge in [-0.1, -0.05) is 6.07 Å². The van der Waals surface area contributed by atoms with Crippen molar-refractivity contribution in [3.05, 3.63) is 29.3 Å². The van der Waals surface area contributed by atoms with Crippen molar-refractivity contribution < 1.29 is 19.1 Å². The SMILES string of the molecule is CCOC(=O)C1=NCc2ccc(N3CCOC3=O)cc21. The van der Waals surface area contributed by atoms with Gasteiger partial charge >= 0.3 is 12.1 Å². The Morgan fingerprint density at radius 3 is 3.05 bits per heavy atom. The second kappa shape index (κ2) is 4.96. The lowest BCUT2D eigenvalue weighted by Gasteiger charge is -2.14. The number of hydrogen-bond acceptors (Lipinski definition) is 5. The van der Waals surface area contributed by atoms with E-state index >= 15 is 0 Å². The normalized spacial score (nSPS) is 16.8. The van der Waals surface area contributed by atoms with Crippen LogP contribution in [0.25, 0.3) is 0 Å². The lowest BCUT2D eigenvalue weighted by atomic mass is 10.0. The fourth-order valence-corrected chi connectivity index (χ4v) is 2.34. The molecule has 0 saturated carbocycles. The van der Waals surface area contributed by atoms with Crippen LogP contribution in [-0.2, 0) is 20.8 Å². The molecule has 2 aliphatic heterocycles. The molecule has 20 heavy (non-hydrogen) atoms. The van der Waals surface area contributed by atoms with Crippen LogP contribution in [0.3, 0.4) is 0 Å². The van der Waals surface area contributed by atoms with Crippen molar-refractivity contribution in [3.8, 4) is 0 Å². The van der Waals surface area contributed by atoms with E-state index in [0.29, 0.717) is 37.7 Å². The second-order valence-corrected chi connectivity index (χ2v) is 4.49. The number of aliphatic imine (C=N–C) groups is 1. The number of fused-ring (bicyclic) bond motifs is 1. The summed E-state index contributed by atoms with van der Waals surface area (Å²) in [6, 6.07) is 5.52. The lowest BCUT2D eigenvalue weighted by Crippen LogP contribution is -2.24. The molecule has 104 valence electrons. The number of esters is 1. The zero-order valence-electron chi connectivity index (χ0n) is 11.1. The molecule has 0 atom stereocenters. The molecule has 2 aliphatic rings. The van der Waals surface area contributed by atoms with Crippen molar-refractivity contribution in [2.45, 2.75) is 13.5 Å². The van der Waals surface area contributed by atoms with Crippen LogP contribution in [0.5, 0.6) is 0 Å². The zero-order chi connectivity index (χ0) is 14.1. The number of benzene rings is 1. The number of carbonyl (C=O) groups is 2. The Kier molecular flexibility index (Phi) is 3.14. The summed E-state index contributed by atoms with van der Waals surface area (Å²) in [5.74, 6) is -0.424. The van der Waals surface area contributed by atoms with Crippen molar-refractivity contribution in [2.24, 2.45) is 4.99 Å². The fourth-order valence-electron chi connectivity index (χ4n) is 2.34. The van der Waals surface area contributed by atoms with Crippen molar-refractivity contribution in [1.29, 1.82) is 0 Å². The Bertz CT molecular complexity index is 609. The molecule has 0 aliphatic carbocycles. The molecule has 0 bridgehead atoms. The molecule has 0 aromatic heterocycles. The van der Waals surface area contributed by atoms with E-state index in [9.17, 15) is 9.59 Å². The van der Waals surface area contributed by atoms with E-state index in [0.717, 1.165) is 11.1 Å². The number of nitrogens with zero attached hydrogens (tertiary/aromatic N) is 2. The summed E-state index contributed by atoms with van der Waals surface area (Å²) in [7, 11) is 0. The van der Waals surface area contributed by atoms with Crippen LogP contribution in [0, 0.1) is 0 Å². The first-order valence-electron chi connectivity index (χ1n) is 6.50. The number of hydrogen-bond donors (Lipinski definition) is 0. The second-order valence-electron chi connectivity index (χ2n) is 4.49. The minimum Gasteiger partial charge on any atom is -0.461 e. The highest BCUT2D eigenvalue weighted by Gasteiger charge is 2.28. The first-order chi connectivity index (χ1) is 9.70. The summed E-state index contributed by atoms with van der Waals surface area (Å²) in [5, 5.41) is 0. The molecule has 2 heterocycles. The highest BCUT2D eigenvalue weighted by molar-refractivity contribution is 6.44. The Labute approximate surface area is 116 Å². The highest BCUT2D eigenvalue weighted by Crippen LogP contribution is 2.27. The molecule has 0 radical (unpaired) electrons. The van der Waals surface area contributed by atoms with Gasteiger partial charge in [0, 0.05) is 11.3 Å². The Balaban J connectivity index is 1.92. The highest BCUT2D eigenvalue weighted by atomic mass is 16.6. The lowest BCUT2D eigenvalue weighted by molar-refractivity contribution is -0.134. The average molecular weight is 274 g/mol. The van der Waals surface area contributed by atoms with Gasteiger partial charge in [0.15, 0.2) is 5.71 Å². The number of amides is 1. The van der Waals surface area contributed by atoms with Gasteiger partial charge in [0.05, 0.1) is 19.7 Å². The van der Waals surface area contributed by atoms with Gasteiger partial charge in [0.1, 0.15) is 6.61 Å². The van der Waals surface area contributed by atoms with Crippen molar-refractivity contribution in [1.82, 2.24) is 0 Å². The van der Waals surface area contributed by atoms with Crippen molar-refractivity contribution >= 4 is 23.5 Å². The average Bonchev–Trinajstić information content (AvgIpc) is 3.04. The number of cyclic esters (lactones) is 1. The monoisotopic (exact) mass is 274 g/mol. The molecule has 1 fully saturated rings. The number of carbonyl (C=O) groups excluding carboxylic acids is 2. The van der Waals surface area contributed by atoms with Crippen LogP contribution in [0.1, 0.15) is 18.1 Å². The zero-order valence-corrected chi connectivity index (χ0v) is 11.1. The number of rotatable bonds is 3. The summed E-state index contributed by atoms with van der Waals surface area (Å²) < 4.78 is 9.91. The molecule has 1 saturated heterocycles. The third kappa shape index (κ3) is 2.03. The standard InChI is InChI=1S/C14H14N2O4/c1-2-19-13(17)12-11-7-10(4-3-9(11)8-15-12)16-5-6-20-14(16)18/h3-4,7H,2,5-6,8H2,1H3. The third-order valence-corrected chi connectivity index (χ3v) is 3.30. The molecule has 1 amide bonds. The van der Waals surface area contributed by atoms with Gasteiger partial charge in [0.2, 0.25) is 0 Å². The van der Waals surface area contributed by atoms with E-state index < -0.39 is 5.97 Å². The number of anilines is 1. The number of ether oxygens (including phenoxy) is 2. The van der Waals surface area contributed by atoms with E-state index in [-0.39, 0.29) is 6.09 Å². The molecule has 0 spiro atoms. The largest absolute Gasteiger partial charge is 0.461 e. The summed E-state index contributed by atoms with van der Waals surface area (Å²) in [6.45, 7) is 3.43. The van der Waals surface area contributed by atoms with Crippen LogP contribution in [0.2, 0.25) is 0 Å². The molecule has 1 aromatic carbocycles. The summed E-state index contributed by atoms with van der Waals surface area (Å²) in [4.78, 5) is 29.2. The topological polar surface area (TPSA) is 68.2 Å². The van der Waals surface area contributed by atoms with E-state index in [1.165, 1.54) is 0 Å². The van der Waals surface area contributed by atoms with Gasteiger partial charge in [0.25, 0.3) is 0 Å². The molecule has 0 unspecified atom stereocenters. The Morgan fingerprint density at radius 2 is 2.35 bits per heavy atom. The maximum atomic E-state index is 11.8. The van der Waals surface area contributed by atoms with Crippen LogP contribution in [0.15, 0.2) is 23.2 Å².